The third kappa shape index (κ3) is 3.93. The van der Waals surface area contributed by atoms with Crippen molar-refractivity contribution in [1.29, 1.82) is 0 Å². The van der Waals surface area contributed by atoms with Gasteiger partial charge in [0.15, 0.2) is 4.90 Å². The van der Waals surface area contributed by atoms with Gasteiger partial charge in [-0.1, -0.05) is 12.8 Å². The molecule has 1 saturated carbocycles. The molecule has 0 amide bonds. The minimum atomic E-state index is -3.82. The molecule has 24 heavy (non-hydrogen) atoms. The molecule has 1 aromatic rings. The summed E-state index contributed by atoms with van der Waals surface area (Å²) in [4.78, 5) is -0.0188. The zero-order valence-electron chi connectivity index (χ0n) is 14.4. The Morgan fingerprint density at radius 1 is 1.08 bits per heavy atom. The fourth-order valence-electron chi connectivity index (χ4n) is 3.14. The van der Waals surface area contributed by atoms with E-state index in [0.29, 0.717) is 12.3 Å². The van der Waals surface area contributed by atoms with Gasteiger partial charge in [-0.05, 0) is 25.3 Å². The van der Waals surface area contributed by atoms with Crippen LogP contribution in [0.15, 0.2) is 17.0 Å². The van der Waals surface area contributed by atoms with Gasteiger partial charge in [0.2, 0.25) is 10.0 Å². The molecule has 0 radical (unpaired) electrons. The zero-order chi connectivity index (χ0) is 17.7. The van der Waals surface area contributed by atoms with Crippen molar-refractivity contribution in [1.82, 2.24) is 4.72 Å². The van der Waals surface area contributed by atoms with E-state index < -0.39 is 10.0 Å². The predicted octanol–water partition coefficient (Wildman–Crippen LogP) is 1.51. The zero-order valence-corrected chi connectivity index (χ0v) is 15.2. The molecule has 3 N–H and O–H groups in total. The van der Waals surface area contributed by atoms with Crippen molar-refractivity contribution in [2.24, 2.45) is 11.7 Å². The summed E-state index contributed by atoms with van der Waals surface area (Å²) in [6, 6.07) is 2.88. The molecule has 2 atom stereocenters. The maximum atomic E-state index is 13.0. The van der Waals surface area contributed by atoms with Crippen LogP contribution in [-0.2, 0) is 10.0 Å². The van der Waals surface area contributed by atoms with Crippen LogP contribution in [0.4, 0.5) is 0 Å². The Hall–Kier alpha value is -1.51. The van der Waals surface area contributed by atoms with Crippen molar-refractivity contribution < 1.29 is 22.6 Å². The van der Waals surface area contributed by atoms with Gasteiger partial charge in [-0.15, -0.1) is 0 Å². The van der Waals surface area contributed by atoms with Crippen LogP contribution in [0, 0.1) is 5.92 Å². The normalized spacial score (nSPS) is 21.3. The summed E-state index contributed by atoms with van der Waals surface area (Å²) in [6.45, 7) is 0.462. The van der Waals surface area contributed by atoms with E-state index >= 15 is 0 Å². The van der Waals surface area contributed by atoms with E-state index in [1.54, 1.807) is 0 Å². The largest absolute Gasteiger partial charge is 0.496 e. The first-order valence-electron chi connectivity index (χ1n) is 7.99. The fraction of sp³-hybridized carbons (Fsp3) is 0.625. The Morgan fingerprint density at radius 3 is 2.17 bits per heavy atom. The van der Waals surface area contributed by atoms with Crippen LogP contribution in [-0.4, -0.2) is 42.3 Å². The SMILES string of the molecule is COc1cc(OC)c(S(=O)(=O)NC2CCCCC2CN)c(OC)c1. The molecular formula is C16H26N2O5S. The first-order chi connectivity index (χ1) is 11.5. The molecule has 8 heteroatoms. The summed E-state index contributed by atoms with van der Waals surface area (Å²) < 4.78 is 44.4. The van der Waals surface area contributed by atoms with Crippen LogP contribution >= 0.6 is 0 Å². The molecule has 0 saturated heterocycles. The van der Waals surface area contributed by atoms with Crippen LogP contribution in [0.5, 0.6) is 17.2 Å². The number of nitrogens with one attached hydrogen (secondary N) is 1. The van der Waals surface area contributed by atoms with Crippen molar-refractivity contribution in [3.05, 3.63) is 12.1 Å². The Labute approximate surface area is 143 Å². The Morgan fingerprint density at radius 2 is 1.67 bits per heavy atom. The number of nitrogens with two attached hydrogens (primary N) is 1. The number of methoxy groups -OCH3 is 3. The topological polar surface area (TPSA) is 99.9 Å². The molecule has 0 bridgehead atoms. The van der Waals surface area contributed by atoms with Crippen molar-refractivity contribution in [3.63, 3.8) is 0 Å². The molecule has 7 nitrogen and oxygen atoms in total. The van der Waals surface area contributed by atoms with Gasteiger partial charge >= 0.3 is 0 Å². The van der Waals surface area contributed by atoms with Gasteiger partial charge in [0.1, 0.15) is 17.2 Å². The Kier molecular flexibility index (Phi) is 6.31. The molecule has 1 aromatic carbocycles. The molecule has 0 heterocycles. The third-order valence-electron chi connectivity index (χ3n) is 4.46. The molecule has 136 valence electrons. The van der Waals surface area contributed by atoms with E-state index in [1.165, 1.54) is 33.5 Å². The Bertz CT molecular complexity index is 637. The number of rotatable bonds is 7. The summed E-state index contributed by atoms with van der Waals surface area (Å²) in [5, 5.41) is 0. The van der Waals surface area contributed by atoms with Gasteiger partial charge in [-0.3, -0.25) is 0 Å². The molecule has 1 aliphatic rings. The molecule has 0 spiro atoms. The molecule has 0 aliphatic heterocycles. The standard InChI is InChI=1S/C16H26N2O5S/c1-21-12-8-14(22-2)16(15(9-12)23-3)24(19,20)18-13-7-5-4-6-11(13)10-17/h8-9,11,13,18H,4-7,10,17H2,1-3H3. The summed E-state index contributed by atoms with van der Waals surface area (Å²) in [6.07, 6.45) is 3.78. The van der Waals surface area contributed by atoms with E-state index in [9.17, 15) is 8.42 Å². The lowest BCUT2D eigenvalue weighted by atomic mass is 9.85. The smallest absolute Gasteiger partial charge is 0.248 e. The van der Waals surface area contributed by atoms with Crippen molar-refractivity contribution in [2.45, 2.75) is 36.6 Å². The number of sulfonamides is 1. The Balaban J connectivity index is 2.41. The third-order valence-corrected chi connectivity index (χ3v) is 6.01. The summed E-state index contributed by atoms with van der Waals surface area (Å²) >= 11 is 0. The average Bonchev–Trinajstić information content (AvgIpc) is 2.60. The number of ether oxygens (including phenoxy) is 3. The molecule has 1 fully saturated rings. The molecular weight excluding hydrogens is 332 g/mol. The molecule has 1 aliphatic carbocycles. The highest BCUT2D eigenvalue weighted by Crippen LogP contribution is 2.38. The highest BCUT2D eigenvalue weighted by Gasteiger charge is 2.32. The van der Waals surface area contributed by atoms with Gasteiger partial charge in [-0.2, -0.15) is 0 Å². The van der Waals surface area contributed by atoms with E-state index in [1.807, 2.05) is 0 Å². The second-order valence-corrected chi connectivity index (χ2v) is 7.52. The van der Waals surface area contributed by atoms with E-state index in [2.05, 4.69) is 4.72 Å². The molecule has 2 unspecified atom stereocenters. The van der Waals surface area contributed by atoms with E-state index in [4.69, 9.17) is 19.9 Å². The van der Waals surface area contributed by atoms with Gasteiger partial charge in [0.25, 0.3) is 0 Å². The highest BCUT2D eigenvalue weighted by molar-refractivity contribution is 7.89. The maximum Gasteiger partial charge on any atom is 0.248 e. The van der Waals surface area contributed by atoms with Crippen molar-refractivity contribution in [3.8, 4) is 17.2 Å². The van der Waals surface area contributed by atoms with Gasteiger partial charge in [-0.25, -0.2) is 13.1 Å². The summed E-state index contributed by atoms with van der Waals surface area (Å²) in [5.41, 5.74) is 5.80. The van der Waals surface area contributed by atoms with Crippen molar-refractivity contribution in [2.75, 3.05) is 27.9 Å². The summed E-state index contributed by atoms with van der Waals surface area (Å²) in [5.74, 6) is 0.960. The van der Waals surface area contributed by atoms with E-state index in [-0.39, 0.29) is 28.4 Å². The van der Waals surface area contributed by atoms with Gasteiger partial charge in [0.05, 0.1) is 21.3 Å². The second kappa shape index (κ2) is 8.04. The fourth-order valence-corrected chi connectivity index (χ4v) is 4.78. The molecule has 2 rings (SSSR count). The second-order valence-electron chi connectivity index (χ2n) is 5.87. The van der Waals surface area contributed by atoms with Crippen LogP contribution in [0.3, 0.4) is 0 Å². The van der Waals surface area contributed by atoms with Gasteiger partial charge < -0.3 is 19.9 Å². The lowest BCUT2D eigenvalue weighted by Gasteiger charge is -2.31. The first-order valence-corrected chi connectivity index (χ1v) is 9.47. The quantitative estimate of drug-likeness (QED) is 0.766. The van der Waals surface area contributed by atoms with Crippen molar-refractivity contribution >= 4 is 10.0 Å². The van der Waals surface area contributed by atoms with Crippen LogP contribution in [0.2, 0.25) is 0 Å². The number of benzene rings is 1. The minimum absolute atomic E-state index is 0.0188. The maximum absolute atomic E-state index is 13.0. The van der Waals surface area contributed by atoms with E-state index in [0.717, 1.165) is 25.7 Å². The molecule has 0 aromatic heterocycles. The average molecular weight is 358 g/mol. The minimum Gasteiger partial charge on any atom is -0.496 e. The lowest BCUT2D eigenvalue weighted by molar-refractivity contribution is 0.295. The predicted molar refractivity (Wildman–Crippen MR) is 91.2 cm³/mol. The van der Waals surface area contributed by atoms with Gasteiger partial charge in [0, 0.05) is 18.2 Å². The monoisotopic (exact) mass is 358 g/mol. The van der Waals surface area contributed by atoms with Crippen LogP contribution in [0.1, 0.15) is 25.7 Å². The van der Waals surface area contributed by atoms with Crippen LogP contribution in [0.25, 0.3) is 0 Å². The first kappa shape index (κ1) is 18.8. The summed E-state index contributed by atoms with van der Waals surface area (Å²) in [7, 11) is 0.496. The highest BCUT2D eigenvalue weighted by atomic mass is 32.2. The number of hydrogen-bond donors (Lipinski definition) is 2. The lowest BCUT2D eigenvalue weighted by Crippen LogP contribution is -2.44. The van der Waals surface area contributed by atoms with Crippen LogP contribution < -0.4 is 24.7 Å². The number of hydrogen-bond acceptors (Lipinski definition) is 6.